The van der Waals surface area contributed by atoms with Crippen molar-refractivity contribution in [2.75, 3.05) is 32.4 Å². The SMILES string of the molecule is Cc1ccc(CN2CCN(C)CC2C)cc1N. The van der Waals surface area contributed by atoms with Gasteiger partial charge in [0.2, 0.25) is 0 Å². The Kier molecular flexibility index (Phi) is 3.69. The largest absolute Gasteiger partial charge is 0.399 e. The third-order valence-corrected chi connectivity index (χ3v) is 3.70. The van der Waals surface area contributed by atoms with Gasteiger partial charge in [0.15, 0.2) is 0 Å². The highest BCUT2D eigenvalue weighted by molar-refractivity contribution is 5.48. The number of benzene rings is 1. The molecule has 1 fully saturated rings. The summed E-state index contributed by atoms with van der Waals surface area (Å²) < 4.78 is 0. The minimum absolute atomic E-state index is 0.622. The van der Waals surface area contributed by atoms with Crippen LogP contribution in [0.15, 0.2) is 18.2 Å². The van der Waals surface area contributed by atoms with Crippen molar-refractivity contribution < 1.29 is 0 Å². The Morgan fingerprint density at radius 1 is 1.35 bits per heavy atom. The molecule has 1 heterocycles. The smallest absolute Gasteiger partial charge is 0.0346 e. The first-order valence-corrected chi connectivity index (χ1v) is 6.34. The van der Waals surface area contributed by atoms with Crippen molar-refractivity contribution in [1.82, 2.24) is 9.80 Å². The summed E-state index contributed by atoms with van der Waals surface area (Å²) >= 11 is 0. The van der Waals surface area contributed by atoms with Gasteiger partial charge in [-0.2, -0.15) is 0 Å². The van der Waals surface area contributed by atoms with Gasteiger partial charge in [0.25, 0.3) is 0 Å². The van der Waals surface area contributed by atoms with E-state index in [0.717, 1.165) is 31.9 Å². The molecule has 94 valence electrons. The summed E-state index contributed by atoms with van der Waals surface area (Å²) in [4.78, 5) is 4.93. The number of likely N-dealkylation sites (N-methyl/N-ethyl adjacent to an activating group) is 1. The van der Waals surface area contributed by atoms with E-state index in [1.165, 1.54) is 11.1 Å². The van der Waals surface area contributed by atoms with Crippen LogP contribution >= 0.6 is 0 Å². The summed E-state index contributed by atoms with van der Waals surface area (Å²) in [7, 11) is 2.19. The average Bonchev–Trinajstić information content (AvgIpc) is 2.27. The Morgan fingerprint density at radius 3 is 2.76 bits per heavy atom. The summed E-state index contributed by atoms with van der Waals surface area (Å²) in [5, 5.41) is 0. The molecule has 0 bridgehead atoms. The predicted octanol–water partition coefficient (Wildman–Crippen LogP) is 1.71. The Balaban J connectivity index is 2.02. The van der Waals surface area contributed by atoms with Crippen molar-refractivity contribution in [1.29, 1.82) is 0 Å². The lowest BCUT2D eigenvalue weighted by atomic mass is 10.1. The molecule has 1 atom stereocenters. The number of nitrogens with two attached hydrogens (primary N) is 1. The monoisotopic (exact) mass is 233 g/mol. The molecule has 1 aliphatic heterocycles. The summed E-state index contributed by atoms with van der Waals surface area (Å²) in [5.74, 6) is 0. The first-order chi connectivity index (χ1) is 8.06. The van der Waals surface area contributed by atoms with Gasteiger partial charge in [0.1, 0.15) is 0 Å². The van der Waals surface area contributed by atoms with Gasteiger partial charge < -0.3 is 10.6 Å². The molecule has 0 amide bonds. The molecule has 3 heteroatoms. The van der Waals surface area contributed by atoms with Crippen LogP contribution in [-0.4, -0.2) is 42.5 Å². The summed E-state index contributed by atoms with van der Waals surface area (Å²) in [6.07, 6.45) is 0. The number of hydrogen-bond acceptors (Lipinski definition) is 3. The van der Waals surface area contributed by atoms with E-state index in [4.69, 9.17) is 5.73 Å². The number of nitrogens with zero attached hydrogens (tertiary/aromatic N) is 2. The number of aryl methyl sites for hydroxylation is 1. The fourth-order valence-electron chi connectivity index (χ4n) is 2.44. The van der Waals surface area contributed by atoms with Crippen LogP contribution in [0.2, 0.25) is 0 Å². The van der Waals surface area contributed by atoms with E-state index in [9.17, 15) is 0 Å². The van der Waals surface area contributed by atoms with Crippen LogP contribution in [0.1, 0.15) is 18.1 Å². The first-order valence-electron chi connectivity index (χ1n) is 6.34. The Bertz CT molecular complexity index is 389. The van der Waals surface area contributed by atoms with Gasteiger partial charge in [-0.25, -0.2) is 0 Å². The zero-order valence-electron chi connectivity index (χ0n) is 11.1. The maximum atomic E-state index is 5.96. The number of nitrogen functional groups attached to an aromatic ring is 1. The molecule has 0 aromatic heterocycles. The second-order valence-corrected chi connectivity index (χ2v) is 5.27. The third-order valence-electron chi connectivity index (χ3n) is 3.70. The standard InChI is InChI=1S/C14H23N3/c1-11-4-5-13(8-14(11)15)10-17-7-6-16(3)9-12(17)2/h4-5,8,12H,6-7,9-10,15H2,1-3H3. The molecule has 3 nitrogen and oxygen atoms in total. The minimum Gasteiger partial charge on any atom is -0.399 e. The minimum atomic E-state index is 0.622. The van der Waals surface area contributed by atoms with Crippen LogP contribution in [0.5, 0.6) is 0 Å². The maximum Gasteiger partial charge on any atom is 0.0346 e. The van der Waals surface area contributed by atoms with Crippen LogP contribution in [0.3, 0.4) is 0 Å². The first kappa shape index (κ1) is 12.4. The molecule has 0 radical (unpaired) electrons. The lowest BCUT2D eigenvalue weighted by Gasteiger charge is -2.38. The molecular formula is C14H23N3. The van der Waals surface area contributed by atoms with Gasteiger partial charge in [-0.05, 0) is 38.1 Å². The van der Waals surface area contributed by atoms with Crippen molar-refractivity contribution in [3.8, 4) is 0 Å². The van der Waals surface area contributed by atoms with E-state index in [0.29, 0.717) is 6.04 Å². The molecule has 0 saturated carbocycles. The Morgan fingerprint density at radius 2 is 2.12 bits per heavy atom. The van der Waals surface area contributed by atoms with E-state index < -0.39 is 0 Å². The molecule has 2 N–H and O–H groups in total. The van der Waals surface area contributed by atoms with Crippen molar-refractivity contribution in [3.05, 3.63) is 29.3 Å². The van der Waals surface area contributed by atoms with E-state index >= 15 is 0 Å². The van der Waals surface area contributed by atoms with Gasteiger partial charge in [0, 0.05) is 37.9 Å². The molecule has 1 saturated heterocycles. The number of anilines is 1. The van der Waals surface area contributed by atoms with Gasteiger partial charge in [-0.3, -0.25) is 4.90 Å². The lowest BCUT2D eigenvalue weighted by molar-refractivity contribution is 0.0938. The molecule has 0 spiro atoms. The quantitative estimate of drug-likeness (QED) is 0.789. The predicted molar refractivity (Wildman–Crippen MR) is 73.0 cm³/mol. The van der Waals surface area contributed by atoms with Crippen LogP contribution < -0.4 is 5.73 Å². The highest BCUT2D eigenvalue weighted by atomic mass is 15.3. The second kappa shape index (κ2) is 5.07. The maximum absolute atomic E-state index is 5.96. The molecule has 17 heavy (non-hydrogen) atoms. The molecule has 0 aliphatic carbocycles. The highest BCUT2D eigenvalue weighted by Gasteiger charge is 2.21. The number of hydrogen-bond donors (Lipinski definition) is 1. The van der Waals surface area contributed by atoms with Crippen molar-refractivity contribution in [3.63, 3.8) is 0 Å². The number of piperazine rings is 1. The average molecular weight is 233 g/mol. The highest BCUT2D eigenvalue weighted by Crippen LogP contribution is 2.17. The van der Waals surface area contributed by atoms with Gasteiger partial charge in [-0.15, -0.1) is 0 Å². The topological polar surface area (TPSA) is 32.5 Å². The molecule has 1 aromatic carbocycles. The molecule has 2 rings (SSSR count). The van der Waals surface area contributed by atoms with E-state index in [2.05, 4.69) is 48.9 Å². The Hall–Kier alpha value is -1.06. The fourth-order valence-corrected chi connectivity index (χ4v) is 2.44. The van der Waals surface area contributed by atoms with E-state index in [1.807, 2.05) is 0 Å². The van der Waals surface area contributed by atoms with Crippen molar-refractivity contribution >= 4 is 5.69 Å². The fraction of sp³-hybridized carbons (Fsp3) is 0.571. The zero-order valence-corrected chi connectivity index (χ0v) is 11.1. The lowest BCUT2D eigenvalue weighted by Crippen LogP contribution is -2.49. The van der Waals surface area contributed by atoms with Gasteiger partial charge >= 0.3 is 0 Å². The normalized spacial score (nSPS) is 22.9. The molecular weight excluding hydrogens is 210 g/mol. The van der Waals surface area contributed by atoms with Gasteiger partial charge in [-0.1, -0.05) is 12.1 Å². The molecule has 1 aromatic rings. The van der Waals surface area contributed by atoms with Crippen LogP contribution in [0.25, 0.3) is 0 Å². The van der Waals surface area contributed by atoms with Crippen LogP contribution in [0.4, 0.5) is 5.69 Å². The van der Waals surface area contributed by atoms with Gasteiger partial charge in [0.05, 0.1) is 0 Å². The summed E-state index contributed by atoms with van der Waals surface area (Å²) in [6.45, 7) is 8.82. The van der Waals surface area contributed by atoms with Crippen LogP contribution in [-0.2, 0) is 6.54 Å². The van der Waals surface area contributed by atoms with E-state index in [-0.39, 0.29) is 0 Å². The van der Waals surface area contributed by atoms with Crippen molar-refractivity contribution in [2.45, 2.75) is 26.4 Å². The van der Waals surface area contributed by atoms with Crippen molar-refractivity contribution in [2.24, 2.45) is 0 Å². The number of rotatable bonds is 2. The van der Waals surface area contributed by atoms with Crippen LogP contribution in [0, 0.1) is 6.92 Å². The molecule has 1 aliphatic rings. The van der Waals surface area contributed by atoms with E-state index in [1.54, 1.807) is 0 Å². The zero-order chi connectivity index (χ0) is 12.4. The Labute approximate surface area is 104 Å². The third kappa shape index (κ3) is 2.99. The summed E-state index contributed by atoms with van der Waals surface area (Å²) in [5.41, 5.74) is 9.35. The second-order valence-electron chi connectivity index (χ2n) is 5.27. The molecule has 1 unspecified atom stereocenters. The summed E-state index contributed by atoms with van der Waals surface area (Å²) in [6, 6.07) is 7.04.